The normalized spacial score (nSPS) is 17.2. The number of aryl methyl sites for hydroxylation is 2. The first kappa shape index (κ1) is 32.4. The number of carbonyl (C=O) groups excluding carboxylic acids is 2. The molecule has 0 radical (unpaired) electrons. The number of rotatable bonds is 6. The number of para-hydroxylation sites is 2. The molecule has 3 aromatic rings. The smallest absolute Gasteiger partial charge is 0.264 e. The largest absolute Gasteiger partial charge is 0.484 e. The van der Waals surface area contributed by atoms with Gasteiger partial charge in [-0.25, -0.2) is 9.97 Å². The fourth-order valence-electron chi connectivity index (χ4n) is 6.30. The number of amides is 2. The molecule has 240 valence electrons. The Morgan fingerprint density at radius 1 is 0.933 bits per heavy atom. The lowest BCUT2D eigenvalue weighted by Gasteiger charge is -2.31. The Hall–Kier alpha value is -3.98. The van der Waals surface area contributed by atoms with Crippen LogP contribution >= 0.6 is 0 Å². The highest BCUT2D eigenvalue weighted by molar-refractivity contribution is 5.97. The van der Waals surface area contributed by atoms with Gasteiger partial charge in [0.25, 0.3) is 11.8 Å². The molecule has 2 aliphatic heterocycles. The Morgan fingerprint density at radius 3 is 2.40 bits per heavy atom. The van der Waals surface area contributed by atoms with Gasteiger partial charge in [-0.1, -0.05) is 43.3 Å². The highest BCUT2D eigenvalue weighted by Gasteiger charge is 2.28. The zero-order chi connectivity index (χ0) is 31.9. The lowest BCUT2D eigenvalue weighted by atomic mass is 10.00. The van der Waals surface area contributed by atoms with Crippen LogP contribution in [0.3, 0.4) is 0 Å². The number of benzene rings is 2. The van der Waals surface area contributed by atoms with Gasteiger partial charge in [0.05, 0.1) is 16.9 Å². The monoisotopic (exact) mass is 612 g/mol. The van der Waals surface area contributed by atoms with E-state index in [4.69, 9.17) is 9.72 Å². The summed E-state index contributed by atoms with van der Waals surface area (Å²) >= 11 is 0. The molecule has 1 fully saturated rings. The summed E-state index contributed by atoms with van der Waals surface area (Å²) in [5, 5.41) is 0. The van der Waals surface area contributed by atoms with Crippen molar-refractivity contribution in [3.63, 3.8) is 0 Å². The van der Waals surface area contributed by atoms with E-state index in [-0.39, 0.29) is 18.4 Å². The highest BCUT2D eigenvalue weighted by atomic mass is 16.5. The van der Waals surface area contributed by atoms with Gasteiger partial charge in [-0.15, -0.1) is 0 Å². The van der Waals surface area contributed by atoms with Crippen molar-refractivity contribution in [2.75, 3.05) is 55.7 Å². The van der Waals surface area contributed by atoms with E-state index in [0.29, 0.717) is 54.5 Å². The van der Waals surface area contributed by atoms with E-state index >= 15 is 0 Å². The first-order chi connectivity index (χ1) is 21.7. The van der Waals surface area contributed by atoms with Crippen molar-refractivity contribution in [2.45, 2.75) is 66.5 Å². The van der Waals surface area contributed by atoms with E-state index in [0.717, 1.165) is 62.3 Å². The minimum absolute atomic E-state index is 0.0624. The van der Waals surface area contributed by atoms with Crippen LogP contribution < -0.4 is 14.5 Å². The van der Waals surface area contributed by atoms with Crippen molar-refractivity contribution in [2.24, 2.45) is 5.92 Å². The van der Waals surface area contributed by atoms with Crippen molar-refractivity contribution in [1.82, 2.24) is 19.8 Å². The second kappa shape index (κ2) is 14.9. The summed E-state index contributed by atoms with van der Waals surface area (Å²) in [7, 11) is 0. The van der Waals surface area contributed by atoms with Crippen LogP contribution in [-0.2, 0) is 11.3 Å². The van der Waals surface area contributed by atoms with E-state index in [1.165, 1.54) is 0 Å². The Morgan fingerprint density at radius 2 is 1.69 bits per heavy atom. The van der Waals surface area contributed by atoms with Crippen LogP contribution in [0.5, 0.6) is 5.75 Å². The number of ether oxygens (including phenoxy) is 1. The van der Waals surface area contributed by atoms with Crippen LogP contribution in [0.25, 0.3) is 0 Å². The average Bonchev–Trinajstić information content (AvgIpc) is 3.07. The van der Waals surface area contributed by atoms with Crippen LogP contribution in [0.1, 0.15) is 67.2 Å². The fourth-order valence-corrected chi connectivity index (χ4v) is 6.30. The first-order valence-electron chi connectivity index (χ1n) is 16.4. The van der Waals surface area contributed by atoms with Crippen LogP contribution in [0.15, 0.2) is 54.7 Å². The van der Waals surface area contributed by atoms with Crippen LogP contribution in [-0.4, -0.2) is 83.5 Å². The van der Waals surface area contributed by atoms with Gasteiger partial charge in [-0.3, -0.25) is 14.5 Å². The quantitative estimate of drug-likeness (QED) is 0.364. The van der Waals surface area contributed by atoms with E-state index in [9.17, 15) is 9.59 Å². The number of nitrogens with zero attached hydrogens (tertiary/aromatic N) is 6. The molecule has 3 heterocycles. The predicted octanol–water partition coefficient (Wildman–Crippen LogP) is 5.50. The zero-order valence-corrected chi connectivity index (χ0v) is 27.5. The average molecular weight is 613 g/mol. The maximum atomic E-state index is 14.3. The topological polar surface area (TPSA) is 82.1 Å². The molecular formula is C36H48N6O3. The van der Waals surface area contributed by atoms with Crippen molar-refractivity contribution < 1.29 is 14.3 Å². The van der Waals surface area contributed by atoms with E-state index in [1.54, 1.807) is 6.20 Å². The Kier molecular flexibility index (Phi) is 10.7. The molecule has 9 nitrogen and oxygen atoms in total. The summed E-state index contributed by atoms with van der Waals surface area (Å²) in [5.41, 5.74) is 4.00. The lowest BCUT2D eigenvalue weighted by molar-refractivity contribution is -0.120. The minimum atomic E-state index is -0.102. The maximum absolute atomic E-state index is 14.3. The number of aromatic nitrogens is 2. The highest BCUT2D eigenvalue weighted by Crippen LogP contribution is 2.29. The number of fused-ring (bicyclic) bond motifs is 1. The third kappa shape index (κ3) is 8.00. The minimum Gasteiger partial charge on any atom is -0.484 e. The molecule has 2 amide bonds. The number of hydrogen-bond donors (Lipinski definition) is 0. The molecule has 0 aliphatic carbocycles. The summed E-state index contributed by atoms with van der Waals surface area (Å²) in [6.07, 6.45) is 4.76. The Bertz CT molecular complexity index is 1450. The van der Waals surface area contributed by atoms with Gasteiger partial charge in [0.1, 0.15) is 5.75 Å². The molecule has 5 rings (SSSR count). The standard InChI is InChI=1S/C36H48N6O3/c1-26(2)39-17-10-18-42(33(43)25-45-31-13-7-6-8-14-31)34-28(4)11-9-12-30(34)24-41(22-21-39)35(44)32-23-37-36(38-29(32)5)40-19-15-27(3)16-20-40/h6-9,11-14,23,26-27H,10,15-22,24-25H2,1-5H3. The summed E-state index contributed by atoms with van der Waals surface area (Å²) in [6, 6.07) is 15.8. The van der Waals surface area contributed by atoms with E-state index < -0.39 is 0 Å². The molecule has 0 unspecified atom stereocenters. The molecular weight excluding hydrogens is 564 g/mol. The van der Waals surface area contributed by atoms with Gasteiger partial charge < -0.3 is 19.4 Å². The zero-order valence-electron chi connectivity index (χ0n) is 27.5. The van der Waals surface area contributed by atoms with E-state index in [2.05, 4.69) is 35.6 Å². The third-order valence-corrected chi connectivity index (χ3v) is 9.12. The number of piperidine rings is 1. The fraction of sp³-hybridized carbons (Fsp3) is 0.500. The summed E-state index contributed by atoms with van der Waals surface area (Å²) in [4.78, 5) is 45.9. The van der Waals surface area contributed by atoms with Crippen LogP contribution in [0.2, 0.25) is 0 Å². The van der Waals surface area contributed by atoms with Gasteiger partial charge in [-0.2, -0.15) is 0 Å². The molecule has 0 atom stereocenters. The molecule has 45 heavy (non-hydrogen) atoms. The van der Waals surface area contributed by atoms with E-state index in [1.807, 2.05) is 72.2 Å². The van der Waals surface area contributed by atoms with Gasteiger partial charge in [0.2, 0.25) is 5.95 Å². The predicted molar refractivity (Wildman–Crippen MR) is 179 cm³/mol. The molecule has 2 aliphatic rings. The maximum Gasteiger partial charge on any atom is 0.264 e. The number of anilines is 2. The number of hydrogen-bond acceptors (Lipinski definition) is 7. The van der Waals surface area contributed by atoms with Crippen LogP contribution in [0, 0.1) is 19.8 Å². The van der Waals surface area contributed by atoms with Gasteiger partial charge >= 0.3 is 0 Å². The van der Waals surface area contributed by atoms with Crippen molar-refractivity contribution in [1.29, 1.82) is 0 Å². The third-order valence-electron chi connectivity index (χ3n) is 9.12. The molecule has 0 N–H and O–H groups in total. The molecule has 1 aromatic heterocycles. The lowest BCUT2D eigenvalue weighted by Crippen LogP contribution is -2.42. The van der Waals surface area contributed by atoms with Crippen molar-refractivity contribution in [3.8, 4) is 5.75 Å². The van der Waals surface area contributed by atoms with Gasteiger partial charge in [-0.05, 0) is 76.1 Å². The first-order valence-corrected chi connectivity index (χ1v) is 16.4. The van der Waals surface area contributed by atoms with Crippen LogP contribution in [0.4, 0.5) is 11.6 Å². The SMILES string of the molecule is Cc1cccc2c1N(C(=O)COc1ccccc1)CCCN(C(C)C)CCN(C(=O)c1cnc(N3CCC(C)CC3)nc1C)C2. The molecule has 0 spiro atoms. The molecule has 9 heteroatoms. The number of carbonyl (C=O) groups is 2. The van der Waals surface area contributed by atoms with Crippen molar-refractivity contribution >= 4 is 23.5 Å². The molecule has 0 saturated carbocycles. The van der Waals surface area contributed by atoms with Gasteiger partial charge in [0.15, 0.2) is 6.61 Å². The second-order valence-corrected chi connectivity index (χ2v) is 12.8. The summed E-state index contributed by atoms with van der Waals surface area (Å²) in [6.45, 7) is 15.4. The second-order valence-electron chi connectivity index (χ2n) is 12.8. The molecule has 1 saturated heterocycles. The summed E-state index contributed by atoms with van der Waals surface area (Å²) < 4.78 is 5.89. The van der Waals surface area contributed by atoms with Gasteiger partial charge in [0, 0.05) is 58.1 Å². The van der Waals surface area contributed by atoms with Crippen molar-refractivity contribution in [3.05, 3.63) is 77.1 Å². The molecule has 2 aromatic carbocycles. The Balaban J connectivity index is 1.44. The molecule has 0 bridgehead atoms. The Labute approximate surface area is 268 Å². The summed E-state index contributed by atoms with van der Waals surface area (Å²) in [5.74, 6) is 1.89.